The van der Waals surface area contributed by atoms with Gasteiger partial charge in [0.05, 0.1) is 12.7 Å². The Kier molecular flexibility index (Phi) is 7.52. The maximum absolute atomic E-state index is 12.4. The van der Waals surface area contributed by atoms with E-state index in [1.54, 1.807) is 6.33 Å². The van der Waals surface area contributed by atoms with Crippen molar-refractivity contribution in [2.24, 2.45) is 0 Å². The highest BCUT2D eigenvalue weighted by Crippen LogP contribution is 2.35. The Hall–Kier alpha value is -3.69. The van der Waals surface area contributed by atoms with E-state index in [4.69, 9.17) is 0 Å². The van der Waals surface area contributed by atoms with Gasteiger partial charge in [0, 0.05) is 49.6 Å². The molecule has 0 radical (unpaired) electrons. The molecule has 9 nitrogen and oxygen atoms in total. The van der Waals surface area contributed by atoms with Crippen LogP contribution in [0.25, 0.3) is 11.2 Å². The highest BCUT2D eigenvalue weighted by Gasteiger charge is 2.33. The van der Waals surface area contributed by atoms with E-state index in [2.05, 4.69) is 64.6 Å². The number of nitrogens with one attached hydrogen (secondary N) is 3. The Morgan fingerprint density at radius 1 is 0.973 bits per heavy atom. The lowest BCUT2D eigenvalue weighted by Crippen LogP contribution is -2.45. The predicted octanol–water partition coefficient (Wildman–Crippen LogP) is 3.46. The number of piperazine rings is 1. The fourth-order valence-electron chi connectivity index (χ4n) is 5.02. The van der Waals surface area contributed by atoms with Crippen LogP contribution in [0.15, 0.2) is 67.3 Å². The molecule has 2 fully saturated rings. The van der Waals surface area contributed by atoms with Crippen molar-refractivity contribution in [3.8, 4) is 0 Å². The first-order valence-corrected chi connectivity index (χ1v) is 12.6. The summed E-state index contributed by atoms with van der Waals surface area (Å²) in [5.74, 6) is 0.762. The SMILES string of the molecule is Cl.O=C(Cc1ccccc1)NC1CC(n2cnc3c(Nc4ccc(N5CCNCC5)cc4)ncnc32)C1. The number of rotatable bonds is 7. The average molecular weight is 519 g/mol. The first-order valence-electron chi connectivity index (χ1n) is 12.6. The molecule has 0 atom stereocenters. The van der Waals surface area contributed by atoms with Gasteiger partial charge in [-0.3, -0.25) is 4.79 Å². The fraction of sp³-hybridized carbons (Fsp3) is 0.333. The molecule has 3 N–H and O–H groups in total. The van der Waals surface area contributed by atoms with Crippen LogP contribution in [0, 0.1) is 0 Å². The van der Waals surface area contributed by atoms with Crippen LogP contribution in [0.3, 0.4) is 0 Å². The monoisotopic (exact) mass is 518 g/mol. The number of hydrogen-bond acceptors (Lipinski definition) is 7. The van der Waals surface area contributed by atoms with Gasteiger partial charge in [0.15, 0.2) is 17.0 Å². The van der Waals surface area contributed by atoms with Gasteiger partial charge in [-0.2, -0.15) is 0 Å². The summed E-state index contributed by atoms with van der Waals surface area (Å²) < 4.78 is 2.11. The summed E-state index contributed by atoms with van der Waals surface area (Å²) in [5.41, 5.74) is 4.79. The number of imidazole rings is 1. The van der Waals surface area contributed by atoms with Crippen molar-refractivity contribution in [2.45, 2.75) is 31.3 Å². The number of anilines is 3. The van der Waals surface area contributed by atoms with Crippen molar-refractivity contribution >= 4 is 46.7 Å². The van der Waals surface area contributed by atoms with Gasteiger partial charge in [0.1, 0.15) is 6.33 Å². The van der Waals surface area contributed by atoms with E-state index >= 15 is 0 Å². The molecule has 3 heterocycles. The van der Waals surface area contributed by atoms with Gasteiger partial charge in [0.25, 0.3) is 0 Å². The third kappa shape index (κ3) is 5.52. The maximum atomic E-state index is 12.4. The second-order valence-corrected chi connectivity index (χ2v) is 9.51. The highest BCUT2D eigenvalue weighted by molar-refractivity contribution is 5.86. The van der Waals surface area contributed by atoms with Crippen LogP contribution in [-0.2, 0) is 11.2 Å². The number of halogens is 1. The lowest BCUT2D eigenvalue weighted by atomic mass is 9.86. The zero-order valence-electron chi connectivity index (χ0n) is 20.5. The van der Waals surface area contributed by atoms with Crippen LogP contribution in [0.4, 0.5) is 17.2 Å². The smallest absolute Gasteiger partial charge is 0.224 e. The summed E-state index contributed by atoms with van der Waals surface area (Å²) in [6.45, 7) is 4.08. The summed E-state index contributed by atoms with van der Waals surface area (Å²) in [4.78, 5) is 28.4. The number of aromatic nitrogens is 4. The Bertz CT molecular complexity index is 1330. The predicted molar refractivity (Wildman–Crippen MR) is 148 cm³/mol. The maximum Gasteiger partial charge on any atom is 0.224 e. The van der Waals surface area contributed by atoms with Crippen molar-refractivity contribution < 1.29 is 4.79 Å². The van der Waals surface area contributed by atoms with Gasteiger partial charge in [-0.15, -0.1) is 12.4 Å². The number of carbonyl (C=O) groups excluding carboxylic acids is 1. The molecular weight excluding hydrogens is 488 g/mol. The molecule has 192 valence electrons. The number of hydrogen-bond donors (Lipinski definition) is 3. The molecule has 2 aromatic heterocycles. The number of amides is 1. The molecule has 10 heteroatoms. The minimum absolute atomic E-state index is 0. The van der Waals surface area contributed by atoms with Crippen LogP contribution < -0.4 is 20.9 Å². The van der Waals surface area contributed by atoms with E-state index in [-0.39, 0.29) is 30.4 Å². The minimum atomic E-state index is 0. The van der Waals surface area contributed by atoms with Gasteiger partial charge in [-0.25, -0.2) is 15.0 Å². The van der Waals surface area contributed by atoms with E-state index < -0.39 is 0 Å². The summed E-state index contributed by atoms with van der Waals surface area (Å²) in [7, 11) is 0. The molecule has 1 amide bonds. The summed E-state index contributed by atoms with van der Waals surface area (Å²) in [6, 6.07) is 18.7. The molecular formula is C27H31ClN8O. The molecule has 37 heavy (non-hydrogen) atoms. The zero-order valence-corrected chi connectivity index (χ0v) is 21.3. The number of nitrogens with zero attached hydrogens (tertiary/aromatic N) is 5. The first-order chi connectivity index (χ1) is 17.7. The van der Waals surface area contributed by atoms with Crippen LogP contribution >= 0.6 is 12.4 Å². The molecule has 4 aromatic rings. The lowest BCUT2D eigenvalue weighted by molar-refractivity contribution is -0.121. The van der Waals surface area contributed by atoms with Gasteiger partial charge in [-0.05, 0) is 42.7 Å². The van der Waals surface area contributed by atoms with Crippen molar-refractivity contribution in [1.29, 1.82) is 0 Å². The fourth-order valence-corrected chi connectivity index (χ4v) is 5.02. The second kappa shape index (κ2) is 11.1. The average Bonchev–Trinajstić information content (AvgIpc) is 3.32. The van der Waals surface area contributed by atoms with Crippen molar-refractivity contribution in [3.63, 3.8) is 0 Å². The van der Waals surface area contributed by atoms with E-state index in [9.17, 15) is 4.79 Å². The van der Waals surface area contributed by atoms with Gasteiger partial charge in [-0.1, -0.05) is 30.3 Å². The van der Waals surface area contributed by atoms with Crippen molar-refractivity contribution in [2.75, 3.05) is 36.4 Å². The molecule has 2 aliphatic rings. The number of benzene rings is 2. The Morgan fingerprint density at radius 3 is 2.49 bits per heavy atom. The lowest BCUT2D eigenvalue weighted by Gasteiger charge is -2.36. The van der Waals surface area contributed by atoms with Gasteiger partial charge < -0.3 is 25.4 Å². The Labute approximate surface area is 222 Å². The number of carbonyl (C=O) groups is 1. The Balaban J connectivity index is 0.00000280. The molecule has 2 aromatic carbocycles. The molecule has 1 saturated heterocycles. The van der Waals surface area contributed by atoms with E-state index in [0.29, 0.717) is 12.2 Å². The number of fused-ring (bicyclic) bond motifs is 1. The zero-order chi connectivity index (χ0) is 24.3. The summed E-state index contributed by atoms with van der Waals surface area (Å²) in [6.07, 6.45) is 5.56. The largest absolute Gasteiger partial charge is 0.369 e. The normalized spacial score (nSPS) is 19.1. The topological polar surface area (TPSA) is 100 Å². The van der Waals surface area contributed by atoms with E-state index in [0.717, 1.165) is 61.4 Å². The quantitative estimate of drug-likeness (QED) is 0.344. The molecule has 6 rings (SSSR count). The third-order valence-electron chi connectivity index (χ3n) is 7.05. The second-order valence-electron chi connectivity index (χ2n) is 9.51. The molecule has 0 bridgehead atoms. The summed E-state index contributed by atoms with van der Waals surface area (Å²) >= 11 is 0. The van der Waals surface area contributed by atoms with Gasteiger partial charge >= 0.3 is 0 Å². The van der Waals surface area contributed by atoms with Crippen LogP contribution in [-0.4, -0.2) is 57.6 Å². The minimum Gasteiger partial charge on any atom is -0.369 e. The van der Waals surface area contributed by atoms with Crippen LogP contribution in [0.2, 0.25) is 0 Å². The third-order valence-corrected chi connectivity index (χ3v) is 7.05. The first kappa shape index (κ1) is 25.0. The molecule has 0 unspecified atom stereocenters. The summed E-state index contributed by atoms with van der Waals surface area (Å²) in [5, 5.41) is 9.95. The van der Waals surface area contributed by atoms with Crippen molar-refractivity contribution in [1.82, 2.24) is 30.2 Å². The molecule has 1 aliphatic carbocycles. The van der Waals surface area contributed by atoms with Crippen molar-refractivity contribution in [3.05, 3.63) is 72.8 Å². The van der Waals surface area contributed by atoms with Crippen LogP contribution in [0.5, 0.6) is 0 Å². The standard InChI is InChI=1S/C27H30N8O.ClH/c36-24(14-19-4-2-1-3-5-19)32-21-15-23(16-21)35-18-31-25-26(29-17-30-27(25)35)33-20-6-8-22(9-7-20)34-12-10-28-11-13-34;/h1-9,17-18,21,23,28H,10-16H2,(H,32,36)(H,29,30,33);1H. The van der Waals surface area contributed by atoms with Gasteiger partial charge in [0.2, 0.25) is 5.91 Å². The van der Waals surface area contributed by atoms with E-state index in [1.165, 1.54) is 5.69 Å². The van der Waals surface area contributed by atoms with Crippen LogP contribution in [0.1, 0.15) is 24.4 Å². The molecule has 1 saturated carbocycles. The van der Waals surface area contributed by atoms with E-state index in [1.807, 2.05) is 36.7 Å². The Morgan fingerprint density at radius 2 is 1.73 bits per heavy atom. The highest BCUT2D eigenvalue weighted by atomic mass is 35.5. The molecule has 1 aliphatic heterocycles. The molecule has 0 spiro atoms.